The maximum atomic E-state index is 6.02. The fraction of sp³-hybridized carbons (Fsp3) is 0.765. The second-order valence-electron chi connectivity index (χ2n) is 6.40. The Morgan fingerprint density at radius 3 is 2.57 bits per heavy atom. The predicted octanol–water partition coefficient (Wildman–Crippen LogP) is 2.61. The zero-order chi connectivity index (χ0) is 15.2. The molecule has 0 unspecified atom stereocenters. The van der Waals surface area contributed by atoms with Gasteiger partial charge in [-0.3, -0.25) is 9.80 Å². The summed E-state index contributed by atoms with van der Waals surface area (Å²) in [6.45, 7) is 16.3. The lowest BCUT2D eigenvalue weighted by Gasteiger charge is -2.36. The van der Waals surface area contributed by atoms with E-state index < -0.39 is 0 Å². The molecule has 2 heterocycles. The van der Waals surface area contributed by atoms with Crippen LogP contribution in [0.1, 0.15) is 44.3 Å². The fourth-order valence-electron chi connectivity index (χ4n) is 2.88. The quantitative estimate of drug-likeness (QED) is 0.783. The molecule has 1 aromatic heterocycles. The molecule has 1 N–H and O–H groups in total. The van der Waals surface area contributed by atoms with Crippen LogP contribution in [0.25, 0.3) is 0 Å². The maximum Gasteiger partial charge on any atom is 0.120 e. The summed E-state index contributed by atoms with van der Waals surface area (Å²) in [4.78, 5) is 5.05. The number of piperazine rings is 1. The molecule has 0 bridgehead atoms. The average Bonchev–Trinajstić information content (AvgIpc) is 2.80. The third-order valence-electron chi connectivity index (χ3n) is 4.30. The van der Waals surface area contributed by atoms with Gasteiger partial charge in [0.25, 0.3) is 0 Å². The highest BCUT2D eigenvalue weighted by molar-refractivity contribution is 5.20. The van der Waals surface area contributed by atoms with Gasteiger partial charge in [-0.1, -0.05) is 6.92 Å². The highest BCUT2D eigenvalue weighted by Crippen LogP contribution is 2.17. The molecule has 0 spiro atoms. The van der Waals surface area contributed by atoms with Crippen molar-refractivity contribution >= 4 is 0 Å². The molecule has 2 rings (SSSR count). The van der Waals surface area contributed by atoms with E-state index in [0.717, 1.165) is 50.7 Å². The van der Waals surface area contributed by atoms with E-state index in [0.29, 0.717) is 6.04 Å². The normalized spacial score (nSPS) is 17.8. The Kier molecular flexibility index (Phi) is 6.27. The second kappa shape index (κ2) is 7.97. The molecule has 0 aromatic carbocycles. The minimum atomic E-state index is 0.661. The summed E-state index contributed by atoms with van der Waals surface area (Å²) in [7, 11) is 0. The van der Waals surface area contributed by atoms with Crippen molar-refractivity contribution in [1.29, 1.82) is 0 Å². The maximum absolute atomic E-state index is 6.02. The van der Waals surface area contributed by atoms with Crippen molar-refractivity contribution in [3.63, 3.8) is 0 Å². The number of hydrogen-bond acceptors (Lipinski definition) is 4. The SMILES string of the molecule is CCCNCc1oc(CN2CCN(C(C)C)CC2)cc1C. The van der Waals surface area contributed by atoms with Crippen LogP contribution in [0.5, 0.6) is 0 Å². The summed E-state index contributed by atoms with van der Waals surface area (Å²) in [6, 6.07) is 2.87. The molecule has 4 nitrogen and oxygen atoms in total. The molecule has 21 heavy (non-hydrogen) atoms. The van der Waals surface area contributed by atoms with Gasteiger partial charge in [0, 0.05) is 32.2 Å². The fourth-order valence-corrected chi connectivity index (χ4v) is 2.88. The first-order chi connectivity index (χ1) is 10.1. The van der Waals surface area contributed by atoms with E-state index in [1.165, 1.54) is 18.7 Å². The predicted molar refractivity (Wildman–Crippen MR) is 87.4 cm³/mol. The van der Waals surface area contributed by atoms with Crippen LogP contribution >= 0.6 is 0 Å². The van der Waals surface area contributed by atoms with E-state index >= 15 is 0 Å². The van der Waals surface area contributed by atoms with Crippen LogP contribution in [-0.2, 0) is 13.1 Å². The van der Waals surface area contributed by atoms with Crippen molar-refractivity contribution in [2.24, 2.45) is 0 Å². The van der Waals surface area contributed by atoms with E-state index in [4.69, 9.17) is 4.42 Å². The van der Waals surface area contributed by atoms with Gasteiger partial charge in [-0.2, -0.15) is 0 Å². The molecule has 1 aromatic rings. The van der Waals surface area contributed by atoms with Gasteiger partial charge in [-0.05, 0) is 45.4 Å². The summed E-state index contributed by atoms with van der Waals surface area (Å²) >= 11 is 0. The van der Waals surface area contributed by atoms with Gasteiger partial charge in [-0.25, -0.2) is 0 Å². The van der Waals surface area contributed by atoms with E-state index in [1.54, 1.807) is 0 Å². The summed E-state index contributed by atoms with van der Waals surface area (Å²) < 4.78 is 6.02. The van der Waals surface area contributed by atoms with Crippen molar-refractivity contribution in [2.45, 2.75) is 53.2 Å². The number of furan rings is 1. The Hall–Kier alpha value is -0.840. The summed E-state index contributed by atoms with van der Waals surface area (Å²) in [6.07, 6.45) is 1.16. The van der Waals surface area contributed by atoms with Crippen LogP contribution in [0, 0.1) is 6.92 Å². The summed E-state index contributed by atoms with van der Waals surface area (Å²) in [5.74, 6) is 2.21. The van der Waals surface area contributed by atoms with Crippen LogP contribution in [0.3, 0.4) is 0 Å². The van der Waals surface area contributed by atoms with Crippen LogP contribution in [0.15, 0.2) is 10.5 Å². The molecular formula is C17H31N3O. The average molecular weight is 293 g/mol. The first-order valence-electron chi connectivity index (χ1n) is 8.35. The van der Waals surface area contributed by atoms with Crippen molar-refractivity contribution in [3.05, 3.63) is 23.2 Å². The van der Waals surface area contributed by atoms with E-state index in [1.807, 2.05) is 0 Å². The Morgan fingerprint density at radius 2 is 1.95 bits per heavy atom. The van der Waals surface area contributed by atoms with Crippen LogP contribution < -0.4 is 5.32 Å². The Balaban J connectivity index is 1.82. The molecule has 0 saturated carbocycles. The molecule has 1 saturated heterocycles. The molecule has 1 aliphatic rings. The zero-order valence-corrected chi connectivity index (χ0v) is 14.1. The van der Waals surface area contributed by atoms with Crippen molar-refractivity contribution in [1.82, 2.24) is 15.1 Å². The lowest BCUT2D eigenvalue weighted by Crippen LogP contribution is -2.48. The van der Waals surface area contributed by atoms with Gasteiger partial charge in [0.15, 0.2) is 0 Å². The molecule has 4 heteroatoms. The molecule has 1 fully saturated rings. The number of rotatable bonds is 7. The van der Waals surface area contributed by atoms with E-state index in [2.05, 4.69) is 48.9 Å². The summed E-state index contributed by atoms with van der Waals surface area (Å²) in [5, 5.41) is 3.41. The first kappa shape index (κ1) is 16.5. The highest BCUT2D eigenvalue weighted by atomic mass is 16.3. The lowest BCUT2D eigenvalue weighted by molar-refractivity contribution is 0.0987. The van der Waals surface area contributed by atoms with Crippen molar-refractivity contribution in [2.75, 3.05) is 32.7 Å². The van der Waals surface area contributed by atoms with Gasteiger partial charge < -0.3 is 9.73 Å². The molecule has 0 aliphatic carbocycles. The molecule has 0 radical (unpaired) electrons. The number of hydrogen-bond donors (Lipinski definition) is 1. The monoisotopic (exact) mass is 293 g/mol. The van der Waals surface area contributed by atoms with Gasteiger partial charge in [0.05, 0.1) is 13.1 Å². The molecule has 0 atom stereocenters. The lowest BCUT2D eigenvalue weighted by atomic mass is 10.2. The Morgan fingerprint density at radius 1 is 1.24 bits per heavy atom. The molecule has 1 aliphatic heterocycles. The molecular weight excluding hydrogens is 262 g/mol. The number of nitrogens with zero attached hydrogens (tertiary/aromatic N) is 2. The Bertz CT molecular complexity index is 420. The topological polar surface area (TPSA) is 31.7 Å². The molecule has 0 amide bonds. The standard InChI is InChI=1S/C17H31N3O/c1-5-6-18-12-17-15(4)11-16(21-17)13-19-7-9-20(10-8-19)14(2)3/h11,14,18H,5-10,12-13H2,1-4H3. The van der Waals surface area contributed by atoms with Gasteiger partial charge in [0.2, 0.25) is 0 Å². The minimum Gasteiger partial charge on any atom is -0.463 e. The highest BCUT2D eigenvalue weighted by Gasteiger charge is 2.20. The van der Waals surface area contributed by atoms with Crippen LogP contribution in [0.4, 0.5) is 0 Å². The van der Waals surface area contributed by atoms with Gasteiger partial charge >= 0.3 is 0 Å². The van der Waals surface area contributed by atoms with Gasteiger partial charge in [0.1, 0.15) is 11.5 Å². The van der Waals surface area contributed by atoms with Crippen molar-refractivity contribution < 1.29 is 4.42 Å². The van der Waals surface area contributed by atoms with Gasteiger partial charge in [-0.15, -0.1) is 0 Å². The van der Waals surface area contributed by atoms with Crippen LogP contribution in [-0.4, -0.2) is 48.6 Å². The van der Waals surface area contributed by atoms with Crippen molar-refractivity contribution in [3.8, 4) is 0 Å². The third-order valence-corrected chi connectivity index (χ3v) is 4.30. The minimum absolute atomic E-state index is 0.661. The second-order valence-corrected chi connectivity index (χ2v) is 6.40. The Labute approximate surface area is 129 Å². The van der Waals surface area contributed by atoms with E-state index in [9.17, 15) is 0 Å². The largest absolute Gasteiger partial charge is 0.463 e. The third kappa shape index (κ3) is 4.83. The number of nitrogens with one attached hydrogen (secondary N) is 1. The number of aryl methyl sites for hydroxylation is 1. The smallest absolute Gasteiger partial charge is 0.120 e. The molecule has 120 valence electrons. The summed E-state index contributed by atoms with van der Waals surface area (Å²) in [5.41, 5.74) is 1.27. The first-order valence-corrected chi connectivity index (χ1v) is 8.35. The van der Waals surface area contributed by atoms with E-state index in [-0.39, 0.29) is 0 Å². The zero-order valence-electron chi connectivity index (χ0n) is 14.1. The van der Waals surface area contributed by atoms with Crippen LogP contribution in [0.2, 0.25) is 0 Å².